The summed E-state index contributed by atoms with van der Waals surface area (Å²) < 4.78 is 10.1. The molecule has 0 radical (unpaired) electrons. The van der Waals surface area contributed by atoms with Crippen LogP contribution in [0.2, 0.25) is 0 Å². The molecule has 0 aromatic rings. The minimum atomic E-state index is -0.703. The van der Waals surface area contributed by atoms with Gasteiger partial charge in [-0.05, 0) is 32.1 Å². The number of rotatable bonds is 19. The van der Waals surface area contributed by atoms with E-state index in [0.717, 1.165) is 38.5 Å². The molecule has 1 rings (SSSR count). The standard InChI is InChI=1S/C28H46O7/c1-3-5-9-13-22(29)17-18-24-23(25(30)21-26(24)31)14-11-7-8-12-16-28(33)35-20-19-34-27(32)15-10-6-4-2/h7,11,17-18,22-24,26,29,31H,3-6,8-10,12-16,19-21H2,1-2H3/b11-7+,18-17+/t22-,23+,24+,26+/m0/s1. The van der Waals surface area contributed by atoms with Crippen molar-refractivity contribution in [2.24, 2.45) is 11.8 Å². The van der Waals surface area contributed by atoms with Gasteiger partial charge in [-0.3, -0.25) is 14.4 Å². The van der Waals surface area contributed by atoms with Gasteiger partial charge in [-0.2, -0.15) is 0 Å². The summed E-state index contributed by atoms with van der Waals surface area (Å²) in [6.45, 7) is 4.34. The second-order valence-electron chi connectivity index (χ2n) is 9.37. The van der Waals surface area contributed by atoms with Crippen molar-refractivity contribution in [2.45, 2.75) is 110 Å². The first kappa shape index (κ1) is 31.0. The van der Waals surface area contributed by atoms with Crippen molar-refractivity contribution < 1.29 is 34.1 Å². The van der Waals surface area contributed by atoms with Gasteiger partial charge < -0.3 is 19.7 Å². The van der Waals surface area contributed by atoms with Gasteiger partial charge in [0.2, 0.25) is 0 Å². The highest BCUT2D eigenvalue weighted by atomic mass is 16.6. The molecule has 1 saturated carbocycles. The predicted molar refractivity (Wildman–Crippen MR) is 136 cm³/mol. The number of aliphatic hydroxyl groups is 2. The van der Waals surface area contributed by atoms with Gasteiger partial charge in [-0.1, -0.05) is 70.3 Å². The summed E-state index contributed by atoms with van der Waals surface area (Å²) in [7, 11) is 0. The number of ketones is 1. The SMILES string of the molecule is CCCCCC(=O)OCCOC(=O)CCC/C=C/C[C@H]1C(=O)C[C@@H](O)[C@@H]1/C=C/[C@@H](O)CCCCC. The maximum atomic E-state index is 12.3. The Labute approximate surface area is 211 Å². The third kappa shape index (κ3) is 14.2. The Kier molecular flexibility index (Phi) is 17.1. The van der Waals surface area contributed by atoms with Crippen LogP contribution < -0.4 is 0 Å². The number of esters is 2. The van der Waals surface area contributed by atoms with E-state index in [-0.39, 0.29) is 55.6 Å². The van der Waals surface area contributed by atoms with Crippen LogP contribution in [0.3, 0.4) is 0 Å². The molecular formula is C28H46O7. The fourth-order valence-corrected chi connectivity index (χ4v) is 4.18. The Balaban J connectivity index is 2.23. The molecular weight excluding hydrogens is 448 g/mol. The molecule has 0 aromatic heterocycles. The minimum Gasteiger partial charge on any atom is -0.462 e. The van der Waals surface area contributed by atoms with Gasteiger partial charge in [0.15, 0.2) is 0 Å². The molecule has 1 aliphatic rings. The van der Waals surface area contributed by atoms with Gasteiger partial charge in [-0.25, -0.2) is 0 Å². The fourth-order valence-electron chi connectivity index (χ4n) is 4.18. The first-order valence-electron chi connectivity index (χ1n) is 13.4. The molecule has 0 heterocycles. The lowest BCUT2D eigenvalue weighted by Gasteiger charge is -2.16. The van der Waals surface area contributed by atoms with Gasteiger partial charge in [0.25, 0.3) is 0 Å². The van der Waals surface area contributed by atoms with E-state index < -0.39 is 12.2 Å². The Hall–Kier alpha value is -1.99. The number of carbonyl (C=O) groups is 3. The van der Waals surface area contributed by atoms with E-state index in [1.165, 1.54) is 0 Å². The molecule has 1 aliphatic carbocycles. The Bertz CT molecular complexity index is 670. The Morgan fingerprint density at radius 3 is 2.26 bits per heavy atom. The molecule has 2 N–H and O–H groups in total. The average molecular weight is 495 g/mol. The summed E-state index contributed by atoms with van der Waals surface area (Å²) in [4.78, 5) is 35.6. The number of unbranched alkanes of at least 4 members (excludes halogenated alkanes) is 5. The molecule has 35 heavy (non-hydrogen) atoms. The van der Waals surface area contributed by atoms with Gasteiger partial charge in [0, 0.05) is 31.1 Å². The molecule has 1 fully saturated rings. The van der Waals surface area contributed by atoms with Gasteiger partial charge in [0.1, 0.15) is 19.0 Å². The topological polar surface area (TPSA) is 110 Å². The highest BCUT2D eigenvalue weighted by molar-refractivity contribution is 5.84. The van der Waals surface area contributed by atoms with Gasteiger partial charge >= 0.3 is 11.9 Å². The molecule has 0 unspecified atom stereocenters. The summed E-state index contributed by atoms with van der Waals surface area (Å²) in [5, 5.41) is 20.4. The quantitative estimate of drug-likeness (QED) is 0.150. The normalized spacial score (nSPS) is 21.1. The van der Waals surface area contributed by atoms with E-state index in [1.54, 1.807) is 6.08 Å². The van der Waals surface area contributed by atoms with Crippen molar-refractivity contribution in [1.82, 2.24) is 0 Å². The van der Waals surface area contributed by atoms with Crippen LogP contribution in [-0.4, -0.2) is 53.4 Å². The number of ether oxygens (including phenoxy) is 2. The van der Waals surface area contributed by atoms with Crippen LogP contribution in [0.4, 0.5) is 0 Å². The lowest BCUT2D eigenvalue weighted by molar-refractivity contribution is -0.152. The third-order valence-electron chi connectivity index (χ3n) is 6.29. The molecule has 0 aromatic carbocycles. The van der Waals surface area contributed by atoms with Crippen LogP contribution >= 0.6 is 0 Å². The van der Waals surface area contributed by atoms with Crippen LogP contribution in [-0.2, 0) is 23.9 Å². The zero-order chi connectivity index (χ0) is 25.9. The number of aliphatic hydroxyl groups excluding tert-OH is 2. The number of allylic oxidation sites excluding steroid dienone is 2. The number of hydrogen-bond acceptors (Lipinski definition) is 7. The van der Waals surface area contributed by atoms with E-state index in [1.807, 2.05) is 18.2 Å². The van der Waals surface area contributed by atoms with Crippen LogP contribution in [0.1, 0.15) is 97.3 Å². The lowest BCUT2D eigenvalue weighted by Crippen LogP contribution is -2.18. The highest BCUT2D eigenvalue weighted by Gasteiger charge is 2.39. The minimum absolute atomic E-state index is 0.0481. The van der Waals surface area contributed by atoms with Crippen molar-refractivity contribution in [2.75, 3.05) is 13.2 Å². The van der Waals surface area contributed by atoms with Crippen molar-refractivity contribution in [3.05, 3.63) is 24.3 Å². The molecule has 7 nitrogen and oxygen atoms in total. The van der Waals surface area contributed by atoms with Crippen molar-refractivity contribution in [3.8, 4) is 0 Å². The molecule has 200 valence electrons. The first-order valence-corrected chi connectivity index (χ1v) is 13.4. The molecule has 7 heteroatoms. The predicted octanol–water partition coefficient (Wildman–Crippen LogP) is 4.83. The van der Waals surface area contributed by atoms with E-state index in [9.17, 15) is 24.6 Å². The third-order valence-corrected chi connectivity index (χ3v) is 6.29. The average Bonchev–Trinajstić information content (AvgIpc) is 3.09. The molecule has 4 atom stereocenters. The lowest BCUT2D eigenvalue weighted by atomic mass is 9.90. The van der Waals surface area contributed by atoms with E-state index in [0.29, 0.717) is 32.1 Å². The molecule has 0 saturated heterocycles. The van der Waals surface area contributed by atoms with E-state index in [2.05, 4.69) is 13.8 Å². The van der Waals surface area contributed by atoms with Crippen LogP contribution in [0, 0.1) is 11.8 Å². The van der Waals surface area contributed by atoms with Crippen LogP contribution in [0.25, 0.3) is 0 Å². The van der Waals surface area contributed by atoms with Gasteiger partial charge in [-0.15, -0.1) is 0 Å². The summed E-state index contributed by atoms with van der Waals surface area (Å²) >= 11 is 0. The van der Waals surface area contributed by atoms with E-state index in [4.69, 9.17) is 9.47 Å². The smallest absolute Gasteiger partial charge is 0.305 e. The summed E-state index contributed by atoms with van der Waals surface area (Å²) in [5.74, 6) is -1.09. The summed E-state index contributed by atoms with van der Waals surface area (Å²) in [5.41, 5.74) is 0. The second kappa shape index (κ2) is 19.2. The van der Waals surface area contributed by atoms with Crippen molar-refractivity contribution >= 4 is 17.7 Å². The summed E-state index contributed by atoms with van der Waals surface area (Å²) in [6.07, 6.45) is 15.5. The maximum Gasteiger partial charge on any atom is 0.305 e. The molecule has 0 amide bonds. The van der Waals surface area contributed by atoms with Gasteiger partial charge in [0.05, 0.1) is 12.2 Å². The highest BCUT2D eigenvalue weighted by Crippen LogP contribution is 2.33. The number of hydrogen-bond donors (Lipinski definition) is 2. The monoisotopic (exact) mass is 494 g/mol. The fraction of sp³-hybridized carbons (Fsp3) is 0.750. The maximum absolute atomic E-state index is 12.3. The molecule has 0 bridgehead atoms. The van der Waals surface area contributed by atoms with E-state index >= 15 is 0 Å². The zero-order valence-electron chi connectivity index (χ0n) is 21.7. The number of Topliss-reactive ketones (excluding diaryl/α,β-unsaturated/α-hetero) is 1. The molecule has 0 spiro atoms. The Morgan fingerprint density at radius 1 is 0.971 bits per heavy atom. The first-order chi connectivity index (χ1) is 16.9. The number of carbonyl (C=O) groups excluding carboxylic acids is 3. The van der Waals surface area contributed by atoms with Crippen LogP contribution in [0.15, 0.2) is 24.3 Å². The van der Waals surface area contributed by atoms with Crippen molar-refractivity contribution in [1.29, 1.82) is 0 Å². The largest absolute Gasteiger partial charge is 0.462 e. The molecule has 0 aliphatic heterocycles. The zero-order valence-corrected chi connectivity index (χ0v) is 21.7. The van der Waals surface area contributed by atoms with Crippen LogP contribution in [0.5, 0.6) is 0 Å². The summed E-state index contributed by atoms with van der Waals surface area (Å²) in [6, 6.07) is 0. The van der Waals surface area contributed by atoms with Crippen molar-refractivity contribution in [3.63, 3.8) is 0 Å². The second-order valence-corrected chi connectivity index (χ2v) is 9.37. The Morgan fingerprint density at radius 2 is 1.60 bits per heavy atom.